The van der Waals surface area contributed by atoms with E-state index in [1.807, 2.05) is 24.3 Å². The van der Waals surface area contributed by atoms with Crippen LogP contribution in [0.15, 0.2) is 48.5 Å². The summed E-state index contributed by atoms with van der Waals surface area (Å²) in [6, 6.07) is 14.7. The van der Waals surface area contributed by atoms with Crippen LogP contribution in [0.3, 0.4) is 0 Å². The molecule has 0 aliphatic heterocycles. The van der Waals surface area contributed by atoms with Crippen molar-refractivity contribution in [2.75, 3.05) is 10.6 Å². The lowest BCUT2D eigenvalue weighted by Crippen LogP contribution is -2.23. The van der Waals surface area contributed by atoms with Gasteiger partial charge in [0, 0.05) is 17.1 Å². The number of benzene rings is 2. The first-order valence-electron chi connectivity index (χ1n) is 8.84. The van der Waals surface area contributed by atoms with E-state index in [1.54, 1.807) is 12.1 Å². The van der Waals surface area contributed by atoms with Crippen molar-refractivity contribution < 1.29 is 4.39 Å². The summed E-state index contributed by atoms with van der Waals surface area (Å²) in [5.41, 5.74) is 1.51. The lowest BCUT2D eigenvalue weighted by Gasteiger charge is -2.24. The predicted molar refractivity (Wildman–Crippen MR) is 99.7 cm³/mol. The van der Waals surface area contributed by atoms with Crippen molar-refractivity contribution in [3.05, 3.63) is 54.3 Å². The summed E-state index contributed by atoms with van der Waals surface area (Å²) in [4.78, 5) is 9.23. The zero-order chi connectivity index (χ0) is 17.1. The third kappa shape index (κ3) is 3.71. The Kier molecular flexibility index (Phi) is 4.46. The summed E-state index contributed by atoms with van der Waals surface area (Å²) in [6.45, 7) is 0. The van der Waals surface area contributed by atoms with Gasteiger partial charge < -0.3 is 10.6 Å². The molecule has 1 saturated carbocycles. The van der Waals surface area contributed by atoms with Crippen LogP contribution in [0.5, 0.6) is 0 Å². The van der Waals surface area contributed by atoms with Crippen molar-refractivity contribution in [3.8, 4) is 0 Å². The molecule has 1 aliphatic carbocycles. The van der Waals surface area contributed by atoms with Gasteiger partial charge in [-0.25, -0.2) is 9.37 Å². The Labute approximate surface area is 146 Å². The summed E-state index contributed by atoms with van der Waals surface area (Å²) in [5, 5.41) is 7.72. The Morgan fingerprint density at radius 3 is 2.60 bits per heavy atom. The van der Waals surface area contributed by atoms with Crippen LogP contribution in [0, 0.1) is 5.82 Å². The second kappa shape index (κ2) is 7.05. The summed E-state index contributed by atoms with van der Waals surface area (Å²) in [5.74, 6) is 1.03. The Bertz CT molecular complexity index is 874. The van der Waals surface area contributed by atoms with Crippen LogP contribution in [0.25, 0.3) is 10.9 Å². The van der Waals surface area contributed by atoms with E-state index < -0.39 is 0 Å². The average Bonchev–Trinajstić information content (AvgIpc) is 2.63. The fraction of sp³-hybridized carbons (Fsp3) is 0.300. The predicted octanol–water partition coefficient (Wildman–Crippen LogP) is 5.26. The molecule has 25 heavy (non-hydrogen) atoms. The monoisotopic (exact) mass is 336 g/mol. The topological polar surface area (TPSA) is 49.8 Å². The fourth-order valence-corrected chi connectivity index (χ4v) is 3.38. The number of para-hydroxylation sites is 1. The van der Waals surface area contributed by atoms with Gasteiger partial charge in [-0.2, -0.15) is 4.98 Å². The molecule has 128 valence electrons. The average molecular weight is 336 g/mol. The minimum absolute atomic E-state index is 0.286. The van der Waals surface area contributed by atoms with Crippen LogP contribution in [0.2, 0.25) is 0 Å². The van der Waals surface area contributed by atoms with Crippen molar-refractivity contribution >= 4 is 28.4 Å². The number of hydrogen-bond acceptors (Lipinski definition) is 4. The van der Waals surface area contributed by atoms with Crippen molar-refractivity contribution in [1.82, 2.24) is 9.97 Å². The first-order chi connectivity index (χ1) is 12.3. The molecule has 0 bridgehead atoms. The molecule has 0 radical (unpaired) electrons. The normalized spacial score (nSPS) is 15.2. The second-order valence-electron chi connectivity index (χ2n) is 6.53. The first-order valence-corrected chi connectivity index (χ1v) is 8.84. The Morgan fingerprint density at radius 1 is 0.920 bits per heavy atom. The van der Waals surface area contributed by atoms with Crippen molar-refractivity contribution in [1.29, 1.82) is 0 Å². The highest BCUT2D eigenvalue weighted by Crippen LogP contribution is 2.27. The maximum atomic E-state index is 13.4. The zero-order valence-electron chi connectivity index (χ0n) is 14.0. The van der Waals surface area contributed by atoms with Crippen LogP contribution in [0.1, 0.15) is 32.1 Å². The molecular weight excluding hydrogens is 315 g/mol. The van der Waals surface area contributed by atoms with Crippen molar-refractivity contribution in [2.24, 2.45) is 0 Å². The number of rotatable bonds is 4. The quantitative estimate of drug-likeness (QED) is 0.682. The lowest BCUT2D eigenvalue weighted by atomic mass is 9.95. The van der Waals surface area contributed by atoms with E-state index in [0.717, 1.165) is 16.7 Å². The fourth-order valence-electron chi connectivity index (χ4n) is 3.38. The van der Waals surface area contributed by atoms with Crippen LogP contribution in [-0.2, 0) is 0 Å². The molecule has 1 aliphatic rings. The van der Waals surface area contributed by atoms with Gasteiger partial charge in [0.1, 0.15) is 11.6 Å². The van der Waals surface area contributed by atoms with Gasteiger partial charge in [-0.1, -0.05) is 37.5 Å². The minimum Gasteiger partial charge on any atom is -0.367 e. The third-order valence-electron chi connectivity index (χ3n) is 4.63. The molecule has 0 amide bonds. The molecule has 1 heterocycles. The van der Waals surface area contributed by atoms with Gasteiger partial charge >= 0.3 is 0 Å². The van der Waals surface area contributed by atoms with Gasteiger partial charge in [0.05, 0.1) is 5.52 Å². The third-order valence-corrected chi connectivity index (χ3v) is 4.63. The van der Waals surface area contributed by atoms with Crippen LogP contribution in [-0.4, -0.2) is 16.0 Å². The maximum absolute atomic E-state index is 13.4. The van der Waals surface area contributed by atoms with E-state index >= 15 is 0 Å². The Morgan fingerprint density at radius 2 is 1.76 bits per heavy atom. The zero-order valence-corrected chi connectivity index (χ0v) is 14.0. The molecule has 1 aromatic heterocycles. The van der Waals surface area contributed by atoms with Crippen LogP contribution in [0.4, 0.5) is 21.8 Å². The number of nitrogens with one attached hydrogen (secondary N) is 2. The van der Waals surface area contributed by atoms with Gasteiger partial charge in [0.2, 0.25) is 5.95 Å². The van der Waals surface area contributed by atoms with E-state index in [9.17, 15) is 4.39 Å². The van der Waals surface area contributed by atoms with Gasteiger partial charge in [-0.15, -0.1) is 0 Å². The number of fused-ring (bicyclic) bond motifs is 1. The smallest absolute Gasteiger partial charge is 0.229 e. The standard InChI is InChI=1S/C20H21FN4/c21-14-7-6-10-16(13-14)23-20-24-18-12-5-4-11-17(18)19(25-20)22-15-8-2-1-3-9-15/h4-7,10-13,15H,1-3,8-9H2,(H2,22,23,24,25). The molecule has 0 spiro atoms. The highest BCUT2D eigenvalue weighted by molar-refractivity contribution is 5.90. The van der Waals surface area contributed by atoms with E-state index in [-0.39, 0.29) is 5.82 Å². The van der Waals surface area contributed by atoms with E-state index in [4.69, 9.17) is 0 Å². The van der Waals surface area contributed by atoms with Gasteiger partial charge in [0.25, 0.3) is 0 Å². The number of hydrogen-bond donors (Lipinski definition) is 2. The molecule has 2 N–H and O–H groups in total. The van der Waals surface area contributed by atoms with Gasteiger partial charge in [-0.05, 0) is 43.2 Å². The number of aromatic nitrogens is 2. The SMILES string of the molecule is Fc1cccc(Nc2nc(NC3CCCCC3)c3ccccc3n2)c1. The Balaban J connectivity index is 1.67. The molecule has 1 fully saturated rings. The highest BCUT2D eigenvalue weighted by atomic mass is 19.1. The summed E-state index contributed by atoms with van der Waals surface area (Å²) in [6.07, 6.45) is 6.18. The molecule has 0 unspecified atom stereocenters. The maximum Gasteiger partial charge on any atom is 0.229 e. The van der Waals surface area contributed by atoms with Crippen LogP contribution >= 0.6 is 0 Å². The molecule has 3 aromatic rings. The number of halogens is 1. The molecule has 4 rings (SSSR count). The highest BCUT2D eigenvalue weighted by Gasteiger charge is 2.16. The first kappa shape index (κ1) is 15.8. The molecule has 2 aromatic carbocycles. The molecule has 0 atom stereocenters. The van der Waals surface area contributed by atoms with Crippen LogP contribution < -0.4 is 10.6 Å². The largest absolute Gasteiger partial charge is 0.367 e. The molecule has 0 saturated heterocycles. The summed E-state index contributed by atoms with van der Waals surface area (Å²) < 4.78 is 13.4. The molecule has 4 nitrogen and oxygen atoms in total. The lowest BCUT2D eigenvalue weighted by molar-refractivity contribution is 0.462. The van der Waals surface area contributed by atoms with Gasteiger partial charge in [0.15, 0.2) is 0 Å². The second-order valence-corrected chi connectivity index (χ2v) is 6.53. The molecule has 5 heteroatoms. The Hall–Kier alpha value is -2.69. The summed E-state index contributed by atoms with van der Waals surface area (Å²) in [7, 11) is 0. The summed E-state index contributed by atoms with van der Waals surface area (Å²) >= 11 is 0. The number of anilines is 3. The molecular formula is C20H21FN4. The number of nitrogens with zero attached hydrogens (tertiary/aromatic N) is 2. The van der Waals surface area contributed by atoms with E-state index in [2.05, 4.69) is 20.6 Å². The van der Waals surface area contributed by atoms with Gasteiger partial charge in [-0.3, -0.25) is 0 Å². The van der Waals surface area contributed by atoms with E-state index in [0.29, 0.717) is 17.7 Å². The van der Waals surface area contributed by atoms with Crippen molar-refractivity contribution in [3.63, 3.8) is 0 Å². The van der Waals surface area contributed by atoms with Crippen molar-refractivity contribution in [2.45, 2.75) is 38.1 Å². The minimum atomic E-state index is -0.286. The van der Waals surface area contributed by atoms with E-state index in [1.165, 1.54) is 44.2 Å².